The Kier molecular flexibility index (Phi) is 5.96. The summed E-state index contributed by atoms with van der Waals surface area (Å²) in [6, 6.07) is 3.17. The molecule has 4 rings (SSSR count). The van der Waals surface area contributed by atoms with Crippen LogP contribution in [0.5, 0.6) is 0 Å². The molecular formula is C20H25FN6O2S. The molecule has 0 amide bonds. The zero-order valence-electron chi connectivity index (χ0n) is 16.7. The fourth-order valence-corrected chi connectivity index (χ4v) is 5.32. The fraction of sp³-hybridized carbons (Fsp3) is 0.450. The summed E-state index contributed by atoms with van der Waals surface area (Å²) >= 11 is 0. The normalized spacial score (nSPS) is 19.8. The van der Waals surface area contributed by atoms with Crippen molar-refractivity contribution in [1.82, 2.24) is 24.7 Å². The average Bonchev–Trinajstić information content (AvgIpc) is 3.15. The van der Waals surface area contributed by atoms with Crippen molar-refractivity contribution in [2.45, 2.75) is 51.1 Å². The molecule has 3 aromatic rings. The number of sulfonamides is 1. The van der Waals surface area contributed by atoms with Gasteiger partial charge in [0.2, 0.25) is 10.0 Å². The Morgan fingerprint density at radius 3 is 2.83 bits per heavy atom. The Labute approximate surface area is 174 Å². The molecule has 1 fully saturated rings. The molecule has 0 unspecified atom stereocenters. The number of aromatic nitrogens is 4. The Morgan fingerprint density at radius 1 is 1.23 bits per heavy atom. The van der Waals surface area contributed by atoms with Crippen LogP contribution in [0.1, 0.15) is 39.0 Å². The molecular weight excluding hydrogens is 407 g/mol. The maximum absolute atomic E-state index is 14.5. The van der Waals surface area contributed by atoms with Crippen LogP contribution >= 0.6 is 0 Å². The molecule has 0 bridgehead atoms. The number of nitrogens with zero attached hydrogens (tertiary/aromatic N) is 3. The first-order valence-corrected chi connectivity index (χ1v) is 11.8. The second-order valence-corrected chi connectivity index (χ2v) is 9.44. The summed E-state index contributed by atoms with van der Waals surface area (Å²) in [6.07, 6.45) is 8.42. The van der Waals surface area contributed by atoms with Gasteiger partial charge in [0, 0.05) is 35.4 Å². The highest BCUT2D eigenvalue weighted by Gasteiger charge is 2.29. The second-order valence-electron chi connectivity index (χ2n) is 7.57. The molecule has 3 aromatic heterocycles. The minimum atomic E-state index is -3.36. The van der Waals surface area contributed by atoms with E-state index in [9.17, 15) is 12.8 Å². The highest BCUT2D eigenvalue weighted by atomic mass is 32.2. The summed E-state index contributed by atoms with van der Waals surface area (Å²) in [4.78, 5) is 15.9. The zero-order chi connectivity index (χ0) is 21.1. The van der Waals surface area contributed by atoms with Crippen molar-refractivity contribution >= 4 is 26.9 Å². The molecule has 0 aromatic carbocycles. The van der Waals surface area contributed by atoms with E-state index in [0.29, 0.717) is 24.3 Å². The summed E-state index contributed by atoms with van der Waals surface area (Å²) in [5, 5.41) is 3.98. The molecule has 3 heterocycles. The van der Waals surface area contributed by atoms with Crippen LogP contribution in [-0.2, 0) is 10.0 Å². The SMILES string of the molecule is CCCS(=O)(=O)N[C@@H]1CCCC[C@H]1Nc1nc(-c2c[nH]c3ncccc23)ncc1F. The van der Waals surface area contributed by atoms with Gasteiger partial charge in [0.25, 0.3) is 0 Å². The lowest BCUT2D eigenvalue weighted by molar-refractivity contribution is 0.377. The molecule has 2 atom stereocenters. The van der Waals surface area contributed by atoms with Gasteiger partial charge < -0.3 is 10.3 Å². The van der Waals surface area contributed by atoms with Crippen LogP contribution in [0.15, 0.2) is 30.7 Å². The molecule has 160 valence electrons. The van der Waals surface area contributed by atoms with E-state index in [1.165, 1.54) is 0 Å². The van der Waals surface area contributed by atoms with Crippen LogP contribution in [0.25, 0.3) is 22.4 Å². The van der Waals surface area contributed by atoms with E-state index in [4.69, 9.17) is 0 Å². The highest BCUT2D eigenvalue weighted by molar-refractivity contribution is 7.89. The third-order valence-electron chi connectivity index (χ3n) is 5.33. The van der Waals surface area contributed by atoms with Crippen molar-refractivity contribution in [2.24, 2.45) is 0 Å². The average molecular weight is 433 g/mol. The first-order chi connectivity index (χ1) is 14.5. The molecule has 3 N–H and O–H groups in total. The first kappa shape index (κ1) is 20.7. The van der Waals surface area contributed by atoms with Crippen molar-refractivity contribution < 1.29 is 12.8 Å². The van der Waals surface area contributed by atoms with E-state index in [1.807, 2.05) is 19.1 Å². The topological polar surface area (TPSA) is 113 Å². The number of hydrogen-bond donors (Lipinski definition) is 3. The molecule has 0 aliphatic heterocycles. The van der Waals surface area contributed by atoms with E-state index >= 15 is 0 Å². The minimum Gasteiger partial charge on any atom is -0.363 e. The van der Waals surface area contributed by atoms with Gasteiger partial charge in [0.1, 0.15) is 5.65 Å². The second kappa shape index (κ2) is 8.65. The summed E-state index contributed by atoms with van der Waals surface area (Å²) in [5.41, 5.74) is 1.43. The zero-order valence-corrected chi connectivity index (χ0v) is 17.5. The van der Waals surface area contributed by atoms with Gasteiger partial charge in [0.15, 0.2) is 17.5 Å². The summed E-state index contributed by atoms with van der Waals surface area (Å²) in [7, 11) is -3.36. The van der Waals surface area contributed by atoms with Crippen LogP contribution in [0.3, 0.4) is 0 Å². The van der Waals surface area contributed by atoms with Crippen LogP contribution in [0.4, 0.5) is 10.2 Å². The van der Waals surface area contributed by atoms with E-state index in [1.54, 1.807) is 12.4 Å². The van der Waals surface area contributed by atoms with Gasteiger partial charge in [-0.1, -0.05) is 19.8 Å². The van der Waals surface area contributed by atoms with Gasteiger partial charge in [-0.15, -0.1) is 0 Å². The van der Waals surface area contributed by atoms with Crippen LogP contribution in [0, 0.1) is 5.82 Å². The van der Waals surface area contributed by atoms with E-state index in [0.717, 1.165) is 36.4 Å². The summed E-state index contributed by atoms with van der Waals surface area (Å²) in [6.45, 7) is 1.83. The number of H-pyrrole nitrogens is 1. The highest BCUT2D eigenvalue weighted by Crippen LogP contribution is 2.28. The van der Waals surface area contributed by atoms with Gasteiger partial charge in [-0.3, -0.25) is 0 Å². The van der Waals surface area contributed by atoms with E-state index in [2.05, 4.69) is 30.0 Å². The number of halogens is 1. The van der Waals surface area contributed by atoms with Crippen molar-refractivity contribution in [3.05, 3.63) is 36.5 Å². The predicted octanol–water partition coefficient (Wildman–Crippen LogP) is 3.21. The number of aromatic amines is 1. The molecule has 10 heteroatoms. The number of anilines is 1. The quantitative estimate of drug-likeness (QED) is 0.528. The van der Waals surface area contributed by atoms with E-state index in [-0.39, 0.29) is 23.7 Å². The van der Waals surface area contributed by atoms with Crippen molar-refractivity contribution in [3.63, 3.8) is 0 Å². The van der Waals surface area contributed by atoms with Crippen LogP contribution < -0.4 is 10.0 Å². The van der Waals surface area contributed by atoms with Crippen molar-refractivity contribution in [3.8, 4) is 11.4 Å². The maximum Gasteiger partial charge on any atom is 0.211 e. The standard InChI is InChI=1S/C20H25FN6O2S/c1-2-10-30(28,29)27-17-8-4-3-7-16(17)25-20-15(21)12-24-19(26-20)14-11-23-18-13(14)6-5-9-22-18/h5-6,9,11-12,16-17,27H,2-4,7-8,10H2,1H3,(H,22,23)(H,24,25,26)/t16-,17-/m1/s1. The third kappa shape index (κ3) is 4.44. The van der Waals surface area contributed by atoms with Gasteiger partial charge in [-0.05, 0) is 31.4 Å². The molecule has 0 spiro atoms. The Hall–Kier alpha value is -2.59. The lowest BCUT2D eigenvalue weighted by atomic mass is 9.91. The van der Waals surface area contributed by atoms with Crippen molar-refractivity contribution in [2.75, 3.05) is 11.1 Å². The molecule has 0 saturated heterocycles. The summed E-state index contributed by atoms with van der Waals surface area (Å²) < 4.78 is 41.8. The number of nitrogens with one attached hydrogen (secondary N) is 3. The molecule has 1 saturated carbocycles. The Bertz CT molecular complexity index is 1130. The van der Waals surface area contributed by atoms with E-state index < -0.39 is 15.8 Å². The third-order valence-corrected chi connectivity index (χ3v) is 6.94. The van der Waals surface area contributed by atoms with Crippen LogP contribution in [-0.4, -0.2) is 46.2 Å². The van der Waals surface area contributed by atoms with Crippen LogP contribution in [0.2, 0.25) is 0 Å². The smallest absolute Gasteiger partial charge is 0.211 e. The molecule has 8 nitrogen and oxygen atoms in total. The lowest BCUT2D eigenvalue weighted by Crippen LogP contribution is -2.49. The van der Waals surface area contributed by atoms with Gasteiger partial charge >= 0.3 is 0 Å². The Balaban J connectivity index is 1.60. The predicted molar refractivity (Wildman–Crippen MR) is 114 cm³/mol. The monoisotopic (exact) mass is 432 g/mol. The minimum absolute atomic E-state index is 0.0739. The molecule has 30 heavy (non-hydrogen) atoms. The number of rotatable bonds is 7. The van der Waals surface area contributed by atoms with Crippen molar-refractivity contribution in [1.29, 1.82) is 0 Å². The fourth-order valence-electron chi connectivity index (χ4n) is 3.92. The number of hydrogen-bond acceptors (Lipinski definition) is 6. The number of pyridine rings is 1. The molecule has 1 aliphatic rings. The van der Waals surface area contributed by atoms with Gasteiger partial charge in [-0.2, -0.15) is 0 Å². The molecule has 0 radical (unpaired) electrons. The maximum atomic E-state index is 14.5. The number of fused-ring (bicyclic) bond motifs is 1. The van der Waals surface area contributed by atoms with Gasteiger partial charge in [0.05, 0.1) is 11.9 Å². The molecule has 1 aliphatic carbocycles. The first-order valence-electron chi connectivity index (χ1n) is 10.2. The lowest BCUT2D eigenvalue weighted by Gasteiger charge is -2.33. The Morgan fingerprint density at radius 2 is 2.03 bits per heavy atom. The largest absolute Gasteiger partial charge is 0.363 e. The van der Waals surface area contributed by atoms with Gasteiger partial charge in [-0.25, -0.2) is 32.5 Å². The summed E-state index contributed by atoms with van der Waals surface area (Å²) in [5.74, 6) is -0.0454.